The molecule has 0 fully saturated rings. The zero-order valence-electron chi connectivity index (χ0n) is 9.04. The van der Waals surface area contributed by atoms with Crippen LogP contribution in [0.4, 0.5) is 0 Å². The molecule has 1 atom stereocenters. The Morgan fingerprint density at radius 3 is 2.71 bits per heavy atom. The minimum atomic E-state index is -0.839. The Bertz CT molecular complexity index is 279. The molecule has 1 rings (SSSR count). The first kappa shape index (κ1) is 11.7. The average Bonchev–Trinajstić information content (AvgIpc) is 2.53. The predicted molar refractivity (Wildman–Crippen MR) is 59.7 cm³/mol. The quantitative estimate of drug-likeness (QED) is 0.764. The first-order chi connectivity index (χ1) is 6.56. The van der Waals surface area contributed by atoms with Crippen LogP contribution in [0, 0.1) is 6.92 Å². The third-order valence-electron chi connectivity index (χ3n) is 2.00. The van der Waals surface area contributed by atoms with E-state index in [4.69, 9.17) is 4.74 Å². The van der Waals surface area contributed by atoms with Gasteiger partial charge in [0.2, 0.25) is 0 Å². The van der Waals surface area contributed by atoms with Crippen molar-refractivity contribution in [1.29, 1.82) is 0 Å². The second kappa shape index (κ2) is 4.91. The maximum Gasteiger partial charge on any atom is 0.119 e. The summed E-state index contributed by atoms with van der Waals surface area (Å²) in [6.07, 6.45) is 0.986. The van der Waals surface area contributed by atoms with Gasteiger partial charge >= 0.3 is 0 Å². The van der Waals surface area contributed by atoms with Crippen LogP contribution in [0.5, 0.6) is 0 Å². The second-order valence-corrected chi connectivity index (χ2v) is 5.02. The number of thiophene rings is 1. The maximum atomic E-state index is 10.1. The minimum Gasteiger partial charge on any atom is -0.382 e. The Morgan fingerprint density at radius 2 is 2.21 bits per heavy atom. The van der Waals surface area contributed by atoms with E-state index >= 15 is 0 Å². The molecule has 1 heterocycles. The van der Waals surface area contributed by atoms with Gasteiger partial charge in [0.1, 0.15) is 5.60 Å². The van der Waals surface area contributed by atoms with E-state index in [1.165, 1.54) is 4.88 Å². The van der Waals surface area contributed by atoms with Crippen molar-refractivity contribution in [2.45, 2.75) is 32.8 Å². The van der Waals surface area contributed by atoms with Crippen LogP contribution in [0.2, 0.25) is 0 Å². The molecule has 0 saturated carbocycles. The standard InChI is InChI=1S/C11H18O2S/c1-4-7-13-8-11(3,12)10-6-5-9(2)14-10/h5-6,12H,4,7-8H2,1-3H3. The van der Waals surface area contributed by atoms with Crippen LogP contribution in [0.3, 0.4) is 0 Å². The fraction of sp³-hybridized carbons (Fsp3) is 0.636. The molecule has 14 heavy (non-hydrogen) atoms. The molecule has 0 amide bonds. The third kappa shape index (κ3) is 3.08. The van der Waals surface area contributed by atoms with E-state index in [-0.39, 0.29) is 0 Å². The lowest BCUT2D eigenvalue weighted by atomic mass is 10.1. The lowest BCUT2D eigenvalue weighted by Gasteiger charge is -2.21. The molecule has 0 spiro atoms. The van der Waals surface area contributed by atoms with Gasteiger partial charge in [-0.15, -0.1) is 11.3 Å². The lowest BCUT2D eigenvalue weighted by molar-refractivity contribution is -0.0351. The normalized spacial score (nSPS) is 15.4. The van der Waals surface area contributed by atoms with Gasteiger partial charge in [-0.2, -0.15) is 0 Å². The predicted octanol–water partition coefficient (Wildman–Crippen LogP) is 2.69. The molecule has 0 radical (unpaired) electrons. The molecule has 1 N–H and O–H groups in total. The van der Waals surface area contributed by atoms with Gasteiger partial charge < -0.3 is 9.84 Å². The number of hydrogen-bond donors (Lipinski definition) is 1. The molecular formula is C11H18O2S. The summed E-state index contributed by atoms with van der Waals surface area (Å²) in [4.78, 5) is 2.20. The van der Waals surface area contributed by atoms with E-state index < -0.39 is 5.60 Å². The molecule has 1 aromatic rings. The van der Waals surface area contributed by atoms with Gasteiger partial charge in [-0.3, -0.25) is 0 Å². The maximum absolute atomic E-state index is 10.1. The Balaban J connectivity index is 2.56. The summed E-state index contributed by atoms with van der Waals surface area (Å²) in [6, 6.07) is 3.99. The van der Waals surface area contributed by atoms with Crippen molar-refractivity contribution in [2.75, 3.05) is 13.2 Å². The van der Waals surface area contributed by atoms with E-state index in [9.17, 15) is 5.11 Å². The van der Waals surface area contributed by atoms with Crippen LogP contribution in [0.1, 0.15) is 30.0 Å². The smallest absolute Gasteiger partial charge is 0.119 e. The van der Waals surface area contributed by atoms with Gasteiger partial charge in [0, 0.05) is 16.4 Å². The molecular weight excluding hydrogens is 196 g/mol. The molecule has 2 nitrogen and oxygen atoms in total. The molecule has 0 aliphatic rings. The fourth-order valence-corrected chi connectivity index (χ4v) is 2.11. The van der Waals surface area contributed by atoms with E-state index in [2.05, 4.69) is 6.92 Å². The van der Waals surface area contributed by atoms with Gasteiger partial charge in [-0.05, 0) is 32.4 Å². The van der Waals surface area contributed by atoms with Gasteiger partial charge in [0.05, 0.1) is 6.61 Å². The molecule has 0 aliphatic carbocycles. The number of hydrogen-bond acceptors (Lipinski definition) is 3. The lowest BCUT2D eigenvalue weighted by Crippen LogP contribution is -2.26. The van der Waals surface area contributed by atoms with Crippen LogP contribution in [-0.4, -0.2) is 18.3 Å². The number of rotatable bonds is 5. The number of aryl methyl sites for hydroxylation is 1. The Morgan fingerprint density at radius 1 is 1.50 bits per heavy atom. The van der Waals surface area contributed by atoms with Gasteiger partial charge in [-0.25, -0.2) is 0 Å². The van der Waals surface area contributed by atoms with Crippen molar-refractivity contribution in [3.8, 4) is 0 Å². The molecule has 0 saturated heterocycles. The van der Waals surface area contributed by atoms with E-state index in [0.717, 1.165) is 11.3 Å². The molecule has 0 aromatic carbocycles. The van der Waals surface area contributed by atoms with Crippen LogP contribution in [0.25, 0.3) is 0 Å². The van der Waals surface area contributed by atoms with Crippen LogP contribution < -0.4 is 0 Å². The minimum absolute atomic E-state index is 0.376. The summed E-state index contributed by atoms with van der Waals surface area (Å²) < 4.78 is 5.37. The summed E-state index contributed by atoms with van der Waals surface area (Å²) in [5.41, 5.74) is -0.839. The highest BCUT2D eigenvalue weighted by Crippen LogP contribution is 2.28. The van der Waals surface area contributed by atoms with E-state index in [1.54, 1.807) is 18.3 Å². The van der Waals surface area contributed by atoms with Crippen molar-refractivity contribution in [1.82, 2.24) is 0 Å². The van der Waals surface area contributed by atoms with Crippen LogP contribution >= 0.6 is 11.3 Å². The van der Waals surface area contributed by atoms with Gasteiger partial charge in [0.15, 0.2) is 0 Å². The summed E-state index contributed by atoms with van der Waals surface area (Å²) in [5.74, 6) is 0. The van der Waals surface area contributed by atoms with E-state index in [1.807, 2.05) is 19.1 Å². The van der Waals surface area contributed by atoms with Crippen molar-refractivity contribution in [3.63, 3.8) is 0 Å². The Hall–Kier alpha value is -0.380. The summed E-state index contributed by atoms with van der Waals surface area (Å²) >= 11 is 1.62. The molecule has 3 heteroatoms. The average molecular weight is 214 g/mol. The number of ether oxygens (including phenoxy) is 1. The van der Waals surface area contributed by atoms with Crippen molar-refractivity contribution < 1.29 is 9.84 Å². The zero-order chi connectivity index (χ0) is 10.6. The topological polar surface area (TPSA) is 29.5 Å². The van der Waals surface area contributed by atoms with E-state index in [0.29, 0.717) is 13.2 Å². The highest BCUT2D eigenvalue weighted by atomic mass is 32.1. The second-order valence-electron chi connectivity index (χ2n) is 3.74. The number of aliphatic hydroxyl groups is 1. The fourth-order valence-electron chi connectivity index (χ4n) is 1.21. The Kier molecular flexibility index (Phi) is 4.11. The first-order valence-corrected chi connectivity index (χ1v) is 5.75. The summed E-state index contributed by atoms with van der Waals surface area (Å²) in [5, 5.41) is 10.1. The van der Waals surface area contributed by atoms with Gasteiger partial charge in [0.25, 0.3) is 0 Å². The Labute approximate surface area is 89.5 Å². The third-order valence-corrected chi connectivity index (χ3v) is 3.26. The molecule has 1 aromatic heterocycles. The van der Waals surface area contributed by atoms with Gasteiger partial charge in [-0.1, -0.05) is 6.92 Å². The van der Waals surface area contributed by atoms with Crippen molar-refractivity contribution >= 4 is 11.3 Å². The summed E-state index contributed by atoms with van der Waals surface area (Å²) in [6.45, 7) is 6.98. The van der Waals surface area contributed by atoms with Crippen LogP contribution in [-0.2, 0) is 10.3 Å². The van der Waals surface area contributed by atoms with Crippen LogP contribution in [0.15, 0.2) is 12.1 Å². The van der Waals surface area contributed by atoms with Crippen molar-refractivity contribution in [2.24, 2.45) is 0 Å². The molecule has 1 unspecified atom stereocenters. The SMILES string of the molecule is CCCOCC(C)(O)c1ccc(C)s1. The molecule has 0 aliphatic heterocycles. The monoisotopic (exact) mass is 214 g/mol. The first-order valence-electron chi connectivity index (χ1n) is 4.93. The van der Waals surface area contributed by atoms with Crippen molar-refractivity contribution in [3.05, 3.63) is 21.9 Å². The molecule has 80 valence electrons. The highest BCUT2D eigenvalue weighted by Gasteiger charge is 2.24. The summed E-state index contributed by atoms with van der Waals surface area (Å²) in [7, 11) is 0. The largest absolute Gasteiger partial charge is 0.382 e. The zero-order valence-corrected chi connectivity index (χ0v) is 9.86. The molecule has 0 bridgehead atoms. The highest BCUT2D eigenvalue weighted by molar-refractivity contribution is 7.12.